The van der Waals surface area contributed by atoms with Crippen LogP contribution in [0.5, 0.6) is 11.5 Å². The number of benzene rings is 2. The lowest BCUT2D eigenvalue weighted by Crippen LogP contribution is -2.47. The quantitative estimate of drug-likeness (QED) is 0.749. The summed E-state index contributed by atoms with van der Waals surface area (Å²) in [5.41, 5.74) is 4.10. The molecule has 0 spiro atoms. The van der Waals surface area contributed by atoms with Gasteiger partial charge in [-0.3, -0.25) is 4.90 Å². The Labute approximate surface area is 152 Å². The second-order valence-electron chi connectivity index (χ2n) is 6.95. The van der Waals surface area contributed by atoms with Crippen molar-refractivity contribution in [3.8, 4) is 11.5 Å². The van der Waals surface area contributed by atoms with Gasteiger partial charge in [0.2, 0.25) is 0 Å². The van der Waals surface area contributed by atoms with Crippen molar-refractivity contribution in [1.29, 1.82) is 0 Å². The van der Waals surface area contributed by atoms with Crippen LogP contribution in [0, 0.1) is 0 Å². The molecular formula is C20H24BrNO2. The Bertz CT molecular complexity index is 725. The summed E-state index contributed by atoms with van der Waals surface area (Å²) in [4.78, 5) is 2.53. The third kappa shape index (κ3) is 3.45. The highest BCUT2D eigenvalue weighted by molar-refractivity contribution is 9.10. The molecule has 24 heavy (non-hydrogen) atoms. The summed E-state index contributed by atoms with van der Waals surface area (Å²) in [5, 5.41) is 0. The summed E-state index contributed by atoms with van der Waals surface area (Å²) >= 11 is 3.50. The van der Waals surface area contributed by atoms with Crippen LogP contribution in [0.4, 0.5) is 0 Å². The molecule has 0 aromatic heterocycles. The van der Waals surface area contributed by atoms with Crippen molar-refractivity contribution < 1.29 is 9.47 Å². The van der Waals surface area contributed by atoms with Gasteiger partial charge in [-0.25, -0.2) is 0 Å². The second-order valence-corrected chi connectivity index (χ2v) is 7.86. The molecule has 3 nitrogen and oxygen atoms in total. The van der Waals surface area contributed by atoms with Gasteiger partial charge in [-0.05, 0) is 61.2 Å². The van der Waals surface area contributed by atoms with E-state index in [2.05, 4.69) is 71.1 Å². The van der Waals surface area contributed by atoms with Crippen molar-refractivity contribution in [3.05, 3.63) is 57.6 Å². The summed E-state index contributed by atoms with van der Waals surface area (Å²) < 4.78 is 12.1. The molecule has 0 N–H and O–H groups in total. The van der Waals surface area contributed by atoms with E-state index in [1.54, 1.807) is 14.2 Å². The van der Waals surface area contributed by atoms with Gasteiger partial charge in [0.05, 0.1) is 14.2 Å². The molecule has 128 valence electrons. The Morgan fingerprint density at radius 1 is 1.00 bits per heavy atom. The van der Waals surface area contributed by atoms with Crippen molar-refractivity contribution >= 4 is 15.9 Å². The Hall–Kier alpha value is -1.52. The molecule has 0 aliphatic carbocycles. The Balaban J connectivity index is 1.89. The van der Waals surface area contributed by atoms with Gasteiger partial charge in [-0.1, -0.05) is 28.1 Å². The second kappa shape index (κ2) is 6.77. The summed E-state index contributed by atoms with van der Waals surface area (Å²) in [6, 6.07) is 12.8. The number of halogens is 1. The van der Waals surface area contributed by atoms with Gasteiger partial charge in [-0.2, -0.15) is 0 Å². The van der Waals surface area contributed by atoms with E-state index in [1.165, 1.54) is 16.7 Å². The van der Waals surface area contributed by atoms with Crippen molar-refractivity contribution in [3.63, 3.8) is 0 Å². The SMILES string of the molecule is COc1cc2c(cc1OC)CC(C)(C)N(Cc1ccc(Br)cc1)C2. The van der Waals surface area contributed by atoms with Crippen LogP contribution in [0.15, 0.2) is 40.9 Å². The first kappa shape index (κ1) is 17.3. The minimum absolute atomic E-state index is 0.0969. The average molecular weight is 390 g/mol. The predicted octanol–water partition coefficient (Wildman–Crippen LogP) is 4.80. The fraction of sp³-hybridized carbons (Fsp3) is 0.400. The first-order chi connectivity index (χ1) is 11.4. The van der Waals surface area contributed by atoms with E-state index in [9.17, 15) is 0 Å². The number of methoxy groups -OCH3 is 2. The highest BCUT2D eigenvalue weighted by Crippen LogP contribution is 2.38. The van der Waals surface area contributed by atoms with Crippen molar-refractivity contribution in [2.75, 3.05) is 14.2 Å². The molecule has 0 atom stereocenters. The molecule has 0 bridgehead atoms. The molecule has 2 aromatic rings. The average Bonchev–Trinajstić information content (AvgIpc) is 2.56. The normalized spacial score (nSPS) is 16.5. The molecule has 1 aliphatic rings. The van der Waals surface area contributed by atoms with Crippen LogP contribution in [-0.2, 0) is 19.5 Å². The molecule has 0 saturated heterocycles. The van der Waals surface area contributed by atoms with Crippen LogP contribution in [0.1, 0.15) is 30.5 Å². The monoisotopic (exact) mass is 389 g/mol. The number of nitrogens with zero attached hydrogens (tertiary/aromatic N) is 1. The lowest BCUT2D eigenvalue weighted by molar-refractivity contribution is 0.0887. The number of hydrogen-bond donors (Lipinski definition) is 0. The van der Waals surface area contributed by atoms with Crippen molar-refractivity contribution in [2.24, 2.45) is 0 Å². The highest BCUT2D eigenvalue weighted by atomic mass is 79.9. The van der Waals surface area contributed by atoms with Gasteiger partial charge in [0.15, 0.2) is 11.5 Å². The maximum Gasteiger partial charge on any atom is 0.161 e. The van der Waals surface area contributed by atoms with E-state index in [0.717, 1.165) is 35.5 Å². The van der Waals surface area contributed by atoms with Crippen LogP contribution in [0.2, 0.25) is 0 Å². The molecular weight excluding hydrogens is 366 g/mol. The van der Waals surface area contributed by atoms with Crippen LogP contribution in [0.3, 0.4) is 0 Å². The summed E-state index contributed by atoms with van der Waals surface area (Å²) in [7, 11) is 3.38. The topological polar surface area (TPSA) is 21.7 Å². The third-order valence-electron chi connectivity index (χ3n) is 4.83. The first-order valence-corrected chi connectivity index (χ1v) is 8.95. The van der Waals surface area contributed by atoms with E-state index >= 15 is 0 Å². The summed E-state index contributed by atoms with van der Waals surface area (Å²) in [5.74, 6) is 1.62. The number of rotatable bonds is 4. The molecule has 1 heterocycles. The minimum Gasteiger partial charge on any atom is -0.493 e. The number of ether oxygens (including phenoxy) is 2. The van der Waals surface area contributed by atoms with E-state index in [1.807, 2.05) is 0 Å². The maximum absolute atomic E-state index is 5.47. The van der Waals surface area contributed by atoms with Crippen LogP contribution < -0.4 is 9.47 Å². The maximum atomic E-state index is 5.47. The van der Waals surface area contributed by atoms with Crippen molar-refractivity contribution in [2.45, 2.75) is 38.9 Å². The van der Waals surface area contributed by atoms with Gasteiger partial charge in [0.25, 0.3) is 0 Å². The van der Waals surface area contributed by atoms with Gasteiger partial charge in [0, 0.05) is 23.1 Å². The lowest BCUT2D eigenvalue weighted by Gasteiger charge is -2.43. The zero-order chi connectivity index (χ0) is 17.3. The molecule has 1 aliphatic heterocycles. The zero-order valence-electron chi connectivity index (χ0n) is 14.7. The van der Waals surface area contributed by atoms with Gasteiger partial charge < -0.3 is 9.47 Å². The zero-order valence-corrected chi connectivity index (χ0v) is 16.3. The molecule has 0 amide bonds. The smallest absolute Gasteiger partial charge is 0.161 e. The molecule has 4 heteroatoms. The third-order valence-corrected chi connectivity index (χ3v) is 5.36. The van der Waals surface area contributed by atoms with Crippen LogP contribution in [0.25, 0.3) is 0 Å². The molecule has 2 aromatic carbocycles. The number of fused-ring (bicyclic) bond motifs is 1. The highest BCUT2D eigenvalue weighted by Gasteiger charge is 2.33. The molecule has 0 fully saturated rings. The van der Waals surface area contributed by atoms with Crippen LogP contribution >= 0.6 is 15.9 Å². The Kier molecular flexibility index (Phi) is 4.88. The molecule has 3 rings (SSSR count). The summed E-state index contributed by atoms with van der Waals surface area (Å²) in [6.07, 6.45) is 0.999. The van der Waals surface area contributed by atoms with E-state index in [4.69, 9.17) is 9.47 Å². The van der Waals surface area contributed by atoms with Crippen molar-refractivity contribution in [1.82, 2.24) is 4.90 Å². The molecule has 0 unspecified atom stereocenters. The fourth-order valence-corrected chi connectivity index (χ4v) is 3.62. The van der Waals surface area contributed by atoms with E-state index < -0.39 is 0 Å². The van der Waals surface area contributed by atoms with E-state index in [0.29, 0.717) is 0 Å². The standard InChI is InChI=1S/C20H24BrNO2/c1-20(2)11-15-9-18(23-3)19(24-4)10-16(15)13-22(20)12-14-5-7-17(21)8-6-14/h5-10H,11-13H2,1-4H3. The number of hydrogen-bond acceptors (Lipinski definition) is 3. The largest absolute Gasteiger partial charge is 0.493 e. The molecule has 0 radical (unpaired) electrons. The summed E-state index contributed by atoms with van der Waals surface area (Å²) in [6.45, 7) is 6.48. The van der Waals surface area contributed by atoms with Crippen LogP contribution in [-0.4, -0.2) is 24.7 Å². The first-order valence-electron chi connectivity index (χ1n) is 8.16. The van der Waals surface area contributed by atoms with Gasteiger partial charge in [-0.15, -0.1) is 0 Å². The molecule has 0 saturated carbocycles. The fourth-order valence-electron chi connectivity index (χ4n) is 3.35. The van der Waals surface area contributed by atoms with Gasteiger partial charge in [0.1, 0.15) is 0 Å². The Morgan fingerprint density at radius 2 is 1.58 bits per heavy atom. The Morgan fingerprint density at radius 3 is 2.17 bits per heavy atom. The van der Waals surface area contributed by atoms with Gasteiger partial charge >= 0.3 is 0 Å². The lowest BCUT2D eigenvalue weighted by atomic mass is 9.85. The predicted molar refractivity (Wildman–Crippen MR) is 101 cm³/mol. The van der Waals surface area contributed by atoms with E-state index in [-0.39, 0.29) is 5.54 Å². The minimum atomic E-state index is 0.0969.